The molecule has 0 radical (unpaired) electrons. The number of halogens is 2. The first-order valence-corrected chi connectivity index (χ1v) is 5.96. The number of aromatic nitrogens is 2. The number of nitrogens with zero attached hydrogens (tertiary/aromatic N) is 1. The lowest BCUT2D eigenvalue weighted by molar-refractivity contribution is 0.263. The highest BCUT2D eigenvalue weighted by atomic mass is 19.1. The Labute approximate surface area is 108 Å². The van der Waals surface area contributed by atoms with Gasteiger partial charge in [0.2, 0.25) is 0 Å². The molecule has 0 spiro atoms. The average Bonchev–Trinajstić information content (AvgIpc) is 2.76. The number of fused-ring (bicyclic) bond motifs is 3. The number of pyridine rings is 1. The molecular formula is C14H12F2N2O. The fraction of sp³-hybridized carbons (Fsp3) is 0.214. The van der Waals surface area contributed by atoms with Crippen LogP contribution in [0.5, 0.6) is 5.75 Å². The second-order valence-electron chi connectivity index (χ2n) is 4.37. The van der Waals surface area contributed by atoms with Crippen LogP contribution < -0.4 is 4.74 Å². The van der Waals surface area contributed by atoms with Gasteiger partial charge >= 0.3 is 0 Å². The van der Waals surface area contributed by atoms with Crippen molar-refractivity contribution in [2.75, 3.05) is 13.3 Å². The number of alkyl halides is 1. The lowest BCUT2D eigenvalue weighted by atomic mass is 10.2. The summed E-state index contributed by atoms with van der Waals surface area (Å²) in [5, 5.41) is 0.695. The van der Waals surface area contributed by atoms with E-state index in [1.54, 1.807) is 12.3 Å². The Kier molecular flexibility index (Phi) is 2.81. The predicted molar refractivity (Wildman–Crippen MR) is 69.8 cm³/mol. The zero-order chi connectivity index (χ0) is 13.4. The van der Waals surface area contributed by atoms with Crippen molar-refractivity contribution in [3.05, 3.63) is 35.8 Å². The van der Waals surface area contributed by atoms with E-state index < -0.39 is 12.5 Å². The molecule has 0 aliphatic heterocycles. The Morgan fingerprint density at radius 3 is 3.00 bits per heavy atom. The summed E-state index contributed by atoms with van der Waals surface area (Å²) in [6.45, 7) is 1.12. The minimum absolute atomic E-state index is 0.0495. The molecule has 0 aliphatic rings. The van der Waals surface area contributed by atoms with E-state index >= 15 is 0 Å². The van der Waals surface area contributed by atoms with E-state index in [9.17, 15) is 8.78 Å². The third-order valence-electron chi connectivity index (χ3n) is 2.98. The van der Waals surface area contributed by atoms with Gasteiger partial charge in [0.25, 0.3) is 0 Å². The molecule has 5 heteroatoms. The van der Waals surface area contributed by atoms with E-state index in [1.165, 1.54) is 6.07 Å². The molecule has 0 bridgehead atoms. The van der Waals surface area contributed by atoms with Crippen molar-refractivity contribution < 1.29 is 13.5 Å². The van der Waals surface area contributed by atoms with Crippen molar-refractivity contribution >= 4 is 21.9 Å². The molecule has 2 aromatic heterocycles. The number of aryl methyl sites for hydroxylation is 1. The maximum atomic E-state index is 14.2. The van der Waals surface area contributed by atoms with Gasteiger partial charge in [-0.15, -0.1) is 0 Å². The number of H-pyrrole nitrogens is 1. The quantitative estimate of drug-likeness (QED) is 0.784. The van der Waals surface area contributed by atoms with Gasteiger partial charge in [0.05, 0.1) is 16.6 Å². The highest BCUT2D eigenvalue weighted by Crippen LogP contribution is 2.30. The van der Waals surface area contributed by atoms with Gasteiger partial charge in [-0.1, -0.05) is 0 Å². The molecule has 0 atom stereocenters. The minimum Gasteiger partial charge on any atom is -0.488 e. The molecule has 2 heterocycles. The molecule has 0 aliphatic carbocycles. The van der Waals surface area contributed by atoms with Gasteiger partial charge in [0.1, 0.15) is 13.3 Å². The predicted octanol–water partition coefficient (Wildman–Crippen LogP) is 3.51. The molecule has 19 heavy (non-hydrogen) atoms. The van der Waals surface area contributed by atoms with Gasteiger partial charge in [-0.3, -0.25) is 4.98 Å². The molecule has 0 amide bonds. The van der Waals surface area contributed by atoms with Crippen LogP contribution >= 0.6 is 0 Å². The maximum absolute atomic E-state index is 14.2. The third kappa shape index (κ3) is 1.91. The van der Waals surface area contributed by atoms with Crippen molar-refractivity contribution in [2.24, 2.45) is 0 Å². The molecule has 3 aromatic rings. The number of ether oxygens (including phenoxy) is 1. The number of nitrogens with one attached hydrogen (secondary N) is 1. The number of hydrogen-bond donors (Lipinski definition) is 1. The maximum Gasteiger partial charge on any atom is 0.189 e. The van der Waals surface area contributed by atoms with E-state index in [2.05, 4.69) is 9.97 Å². The van der Waals surface area contributed by atoms with E-state index in [-0.39, 0.29) is 12.4 Å². The zero-order valence-electron chi connectivity index (χ0n) is 10.3. The van der Waals surface area contributed by atoms with Gasteiger partial charge in [-0.2, -0.15) is 0 Å². The molecule has 0 saturated heterocycles. The summed E-state index contributed by atoms with van der Waals surface area (Å²) in [6, 6.07) is 5.14. The smallest absolute Gasteiger partial charge is 0.189 e. The summed E-state index contributed by atoms with van der Waals surface area (Å²) in [5.41, 5.74) is 2.82. The Morgan fingerprint density at radius 2 is 2.21 bits per heavy atom. The van der Waals surface area contributed by atoms with E-state index in [0.717, 1.165) is 16.6 Å². The van der Waals surface area contributed by atoms with Crippen molar-refractivity contribution in [2.45, 2.75) is 6.92 Å². The van der Waals surface area contributed by atoms with Gasteiger partial charge in [-0.25, -0.2) is 8.78 Å². The minimum atomic E-state index is -0.648. The monoisotopic (exact) mass is 262 g/mol. The molecule has 0 saturated carbocycles. The summed E-state index contributed by atoms with van der Waals surface area (Å²) in [4.78, 5) is 7.30. The van der Waals surface area contributed by atoms with Gasteiger partial charge in [-0.05, 0) is 30.7 Å². The van der Waals surface area contributed by atoms with Crippen LogP contribution in [0.2, 0.25) is 0 Å². The van der Waals surface area contributed by atoms with Crippen LogP contribution in [-0.4, -0.2) is 23.2 Å². The topological polar surface area (TPSA) is 37.9 Å². The third-order valence-corrected chi connectivity index (χ3v) is 2.98. The molecular weight excluding hydrogens is 250 g/mol. The number of rotatable bonds is 3. The fourth-order valence-electron chi connectivity index (χ4n) is 2.15. The van der Waals surface area contributed by atoms with E-state index in [1.807, 2.05) is 13.0 Å². The lowest BCUT2D eigenvalue weighted by Crippen LogP contribution is -2.00. The Hall–Kier alpha value is -2.17. The number of aromatic amines is 1. The molecule has 98 valence electrons. The molecule has 1 N–H and O–H groups in total. The fourth-order valence-corrected chi connectivity index (χ4v) is 2.15. The SMILES string of the molecule is Cc1cnc2c(c1)[nH]c1c(F)c(OCCF)ccc12. The van der Waals surface area contributed by atoms with E-state index in [0.29, 0.717) is 10.9 Å². The summed E-state index contributed by atoms with van der Waals surface area (Å²) < 4.78 is 31.3. The van der Waals surface area contributed by atoms with Gasteiger partial charge < -0.3 is 9.72 Å². The van der Waals surface area contributed by atoms with Crippen LogP contribution in [0.25, 0.3) is 21.9 Å². The molecule has 3 rings (SSSR count). The average molecular weight is 262 g/mol. The van der Waals surface area contributed by atoms with Crippen LogP contribution in [-0.2, 0) is 0 Å². The van der Waals surface area contributed by atoms with Gasteiger partial charge in [0.15, 0.2) is 11.6 Å². The molecule has 0 unspecified atom stereocenters. The molecule has 0 fully saturated rings. The van der Waals surface area contributed by atoms with Crippen molar-refractivity contribution in [1.29, 1.82) is 0 Å². The Balaban J connectivity index is 2.22. The summed E-state index contributed by atoms with van der Waals surface area (Å²) in [5.74, 6) is -0.463. The highest BCUT2D eigenvalue weighted by molar-refractivity contribution is 6.05. The second kappa shape index (κ2) is 4.50. The number of benzene rings is 1. The van der Waals surface area contributed by atoms with Crippen molar-refractivity contribution in [3.8, 4) is 5.75 Å². The van der Waals surface area contributed by atoms with Crippen LogP contribution in [0.1, 0.15) is 5.56 Å². The first-order valence-electron chi connectivity index (χ1n) is 5.96. The number of hydrogen-bond acceptors (Lipinski definition) is 2. The van der Waals surface area contributed by atoms with Crippen LogP contribution in [0.15, 0.2) is 24.4 Å². The standard InChI is InChI=1S/C14H12F2N2O/c1-8-6-10-13(17-7-8)9-2-3-11(19-5-4-15)12(16)14(9)18-10/h2-3,6-7,18H,4-5H2,1H3. The van der Waals surface area contributed by atoms with Crippen molar-refractivity contribution in [1.82, 2.24) is 9.97 Å². The van der Waals surface area contributed by atoms with Crippen LogP contribution in [0.3, 0.4) is 0 Å². The summed E-state index contributed by atoms with van der Waals surface area (Å²) in [7, 11) is 0. The normalized spacial score (nSPS) is 11.3. The van der Waals surface area contributed by atoms with Gasteiger partial charge in [0, 0.05) is 11.6 Å². The zero-order valence-corrected chi connectivity index (χ0v) is 10.3. The highest BCUT2D eigenvalue weighted by Gasteiger charge is 2.14. The first-order chi connectivity index (χ1) is 9.20. The largest absolute Gasteiger partial charge is 0.488 e. The van der Waals surface area contributed by atoms with E-state index in [4.69, 9.17) is 4.74 Å². The molecule has 1 aromatic carbocycles. The van der Waals surface area contributed by atoms with Crippen molar-refractivity contribution in [3.63, 3.8) is 0 Å². The Bertz CT molecular complexity index is 752. The Morgan fingerprint density at radius 1 is 1.37 bits per heavy atom. The summed E-state index contributed by atoms with van der Waals surface area (Å²) in [6.07, 6.45) is 1.74. The van der Waals surface area contributed by atoms with Crippen LogP contribution in [0, 0.1) is 12.7 Å². The molecule has 3 nitrogen and oxygen atoms in total. The van der Waals surface area contributed by atoms with Crippen LogP contribution in [0.4, 0.5) is 8.78 Å². The first kappa shape index (κ1) is 11.9. The second-order valence-corrected chi connectivity index (χ2v) is 4.37. The lowest BCUT2D eigenvalue weighted by Gasteiger charge is -2.05. The summed E-state index contributed by atoms with van der Waals surface area (Å²) >= 11 is 0.